The van der Waals surface area contributed by atoms with E-state index in [0.717, 1.165) is 5.69 Å². The van der Waals surface area contributed by atoms with Crippen molar-refractivity contribution < 1.29 is 14.3 Å². The number of anilines is 2. The van der Waals surface area contributed by atoms with Gasteiger partial charge >= 0.3 is 6.09 Å². The number of carbonyl (C=O) groups excluding carboxylic acids is 2. The van der Waals surface area contributed by atoms with E-state index in [1.807, 2.05) is 0 Å². The van der Waals surface area contributed by atoms with E-state index in [4.69, 9.17) is 16.3 Å². The highest BCUT2D eigenvalue weighted by molar-refractivity contribution is 6.31. The summed E-state index contributed by atoms with van der Waals surface area (Å²) in [5.74, 6) is -0.240. The first kappa shape index (κ1) is 14.4. The molecule has 22 heavy (non-hydrogen) atoms. The first-order valence-corrected chi connectivity index (χ1v) is 7.12. The molecule has 1 heterocycles. The lowest BCUT2D eigenvalue weighted by molar-refractivity contribution is 0.102. The molecule has 1 fully saturated rings. The summed E-state index contributed by atoms with van der Waals surface area (Å²) >= 11 is 5.87. The number of nitrogens with zero attached hydrogens (tertiary/aromatic N) is 1. The molecule has 0 bridgehead atoms. The molecule has 2 aromatic rings. The predicted octanol–water partition coefficient (Wildman–Crippen LogP) is 3.55. The van der Waals surface area contributed by atoms with Crippen molar-refractivity contribution in [3.05, 3.63) is 59.1 Å². The summed E-state index contributed by atoms with van der Waals surface area (Å²) in [6.07, 6.45) is -0.351. The van der Waals surface area contributed by atoms with Crippen LogP contribution in [0.25, 0.3) is 0 Å². The van der Waals surface area contributed by atoms with Crippen molar-refractivity contribution in [2.24, 2.45) is 0 Å². The third kappa shape index (κ3) is 3.04. The summed E-state index contributed by atoms with van der Waals surface area (Å²) in [4.78, 5) is 25.1. The number of carbonyl (C=O) groups is 2. The van der Waals surface area contributed by atoms with Crippen LogP contribution in [-0.4, -0.2) is 25.2 Å². The smallest absolute Gasteiger partial charge is 0.414 e. The second-order valence-corrected chi connectivity index (χ2v) is 5.21. The maximum Gasteiger partial charge on any atom is 0.414 e. The molecular formula is C16H13ClN2O3. The van der Waals surface area contributed by atoms with E-state index in [2.05, 4.69) is 5.32 Å². The molecule has 0 atom stereocenters. The van der Waals surface area contributed by atoms with Crippen molar-refractivity contribution in [3.63, 3.8) is 0 Å². The SMILES string of the molecule is O=C(Nc1ccc(N2CCOC2=O)cc1)c1cccc(Cl)c1. The molecule has 2 aromatic carbocycles. The standard InChI is InChI=1S/C16H13ClN2O3/c17-12-3-1-2-11(10-12)15(20)18-13-4-6-14(7-5-13)19-8-9-22-16(19)21/h1-7,10H,8-9H2,(H,18,20). The van der Waals surface area contributed by atoms with Gasteiger partial charge in [0.2, 0.25) is 0 Å². The minimum absolute atomic E-state index is 0.240. The van der Waals surface area contributed by atoms with Crippen LogP contribution in [0.2, 0.25) is 5.02 Å². The van der Waals surface area contributed by atoms with Crippen LogP contribution < -0.4 is 10.2 Å². The zero-order valence-corrected chi connectivity index (χ0v) is 12.3. The Labute approximate surface area is 132 Å². The number of amides is 2. The molecular weight excluding hydrogens is 304 g/mol. The molecule has 1 saturated heterocycles. The Morgan fingerprint density at radius 2 is 1.95 bits per heavy atom. The maximum absolute atomic E-state index is 12.1. The fourth-order valence-corrected chi connectivity index (χ4v) is 2.38. The summed E-state index contributed by atoms with van der Waals surface area (Å²) in [7, 11) is 0. The average Bonchev–Trinajstić information content (AvgIpc) is 2.94. The van der Waals surface area contributed by atoms with Gasteiger partial charge in [-0.2, -0.15) is 0 Å². The largest absolute Gasteiger partial charge is 0.447 e. The van der Waals surface area contributed by atoms with Gasteiger partial charge in [-0.05, 0) is 42.5 Å². The van der Waals surface area contributed by atoms with Crippen LogP contribution in [0.15, 0.2) is 48.5 Å². The fourth-order valence-electron chi connectivity index (χ4n) is 2.19. The highest BCUT2D eigenvalue weighted by Crippen LogP contribution is 2.21. The number of hydrogen-bond donors (Lipinski definition) is 1. The number of hydrogen-bond acceptors (Lipinski definition) is 3. The van der Waals surface area contributed by atoms with E-state index >= 15 is 0 Å². The van der Waals surface area contributed by atoms with Gasteiger partial charge in [0.15, 0.2) is 0 Å². The lowest BCUT2D eigenvalue weighted by Gasteiger charge is -2.13. The Morgan fingerprint density at radius 3 is 2.59 bits per heavy atom. The number of halogens is 1. The lowest BCUT2D eigenvalue weighted by Crippen LogP contribution is -2.23. The van der Waals surface area contributed by atoms with E-state index in [1.165, 1.54) is 0 Å². The summed E-state index contributed by atoms with van der Waals surface area (Å²) in [6, 6.07) is 13.7. The molecule has 5 nitrogen and oxygen atoms in total. The van der Waals surface area contributed by atoms with Crippen LogP contribution in [0.4, 0.5) is 16.2 Å². The second-order valence-electron chi connectivity index (χ2n) is 4.78. The Morgan fingerprint density at radius 1 is 1.18 bits per heavy atom. The predicted molar refractivity (Wildman–Crippen MR) is 84.5 cm³/mol. The summed E-state index contributed by atoms with van der Waals surface area (Å²) in [5, 5.41) is 3.29. The fraction of sp³-hybridized carbons (Fsp3) is 0.125. The minimum atomic E-state index is -0.351. The van der Waals surface area contributed by atoms with Crippen molar-refractivity contribution in [1.82, 2.24) is 0 Å². The normalized spacial score (nSPS) is 13.9. The van der Waals surface area contributed by atoms with Crippen LogP contribution in [0.1, 0.15) is 10.4 Å². The summed E-state index contributed by atoms with van der Waals surface area (Å²) in [6.45, 7) is 0.930. The molecule has 1 aliphatic rings. The Bertz CT molecular complexity index is 716. The van der Waals surface area contributed by atoms with Crippen molar-refractivity contribution in [1.29, 1.82) is 0 Å². The average molecular weight is 317 g/mol. The van der Waals surface area contributed by atoms with Gasteiger partial charge in [-0.15, -0.1) is 0 Å². The molecule has 6 heteroatoms. The molecule has 112 valence electrons. The maximum atomic E-state index is 12.1. The van der Waals surface area contributed by atoms with Crippen molar-refractivity contribution in [2.75, 3.05) is 23.4 Å². The van der Waals surface area contributed by atoms with Gasteiger partial charge in [-0.25, -0.2) is 4.79 Å². The topological polar surface area (TPSA) is 58.6 Å². The number of ether oxygens (including phenoxy) is 1. The van der Waals surface area contributed by atoms with Crippen LogP contribution in [0, 0.1) is 0 Å². The van der Waals surface area contributed by atoms with Gasteiger partial charge in [0.1, 0.15) is 6.61 Å². The van der Waals surface area contributed by atoms with E-state index < -0.39 is 0 Å². The summed E-state index contributed by atoms with van der Waals surface area (Å²) < 4.78 is 4.89. The molecule has 0 saturated carbocycles. The molecule has 0 unspecified atom stereocenters. The minimum Gasteiger partial charge on any atom is -0.447 e. The molecule has 1 aliphatic heterocycles. The second kappa shape index (κ2) is 6.07. The zero-order chi connectivity index (χ0) is 15.5. The van der Waals surface area contributed by atoms with Crippen molar-refractivity contribution in [2.45, 2.75) is 0 Å². The zero-order valence-electron chi connectivity index (χ0n) is 11.6. The number of cyclic esters (lactones) is 1. The van der Waals surface area contributed by atoms with Crippen LogP contribution >= 0.6 is 11.6 Å². The van der Waals surface area contributed by atoms with Crippen LogP contribution in [0.3, 0.4) is 0 Å². The first-order chi connectivity index (χ1) is 10.6. The van der Waals surface area contributed by atoms with Gasteiger partial charge in [0.25, 0.3) is 5.91 Å². The Hall–Kier alpha value is -2.53. The molecule has 2 amide bonds. The molecule has 0 radical (unpaired) electrons. The van der Waals surface area contributed by atoms with Gasteiger partial charge in [0, 0.05) is 22.0 Å². The van der Waals surface area contributed by atoms with E-state index in [0.29, 0.717) is 29.4 Å². The van der Waals surface area contributed by atoms with Crippen molar-refractivity contribution in [3.8, 4) is 0 Å². The van der Waals surface area contributed by atoms with Gasteiger partial charge in [-0.3, -0.25) is 9.69 Å². The molecule has 0 aliphatic carbocycles. The molecule has 0 spiro atoms. The number of nitrogens with one attached hydrogen (secondary N) is 1. The van der Waals surface area contributed by atoms with E-state index in [-0.39, 0.29) is 12.0 Å². The lowest BCUT2D eigenvalue weighted by atomic mass is 10.2. The third-order valence-electron chi connectivity index (χ3n) is 3.28. The molecule has 3 rings (SSSR count). The molecule has 0 aromatic heterocycles. The monoisotopic (exact) mass is 316 g/mol. The highest BCUT2D eigenvalue weighted by atomic mass is 35.5. The number of benzene rings is 2. The van der Waals surface area contributed by atoms with Crippen molar-refractivity contribution >= 4 is 35.0 Å². The van der Waals surface area contributed by atoms with Gasteiger partial charge < -0.3 is 10.1 Å². The van der Waals surface area contributed by atoms with Gasteiger partial charge in [-0.1, -0.05) is 17.7 Å². The Kier molecular flexibility index (Phi) is 3.98. The van der Waals surface area contributed by atoms with Crippen LogP contribution in [0.5, 0.6) is 0 Å². The highest BCUT2D eigenvalue weighted by Gasteiger charge is 2.23. The third-order valence-corrected chi connectivity index (χ3v) is 3.52. The first-order valence-electron chi connectivity index (χ1n) is 6.75. The number of rotatable bonds is 3. The quantitative estimate of drug-likeness (QED) is 0.942. The van der Waals surface area contributed by atoms with E-state index in [1.54, 1.807) is 53.4 Å². The van der Waals surface area contributed by atoms with E-state index in [9.17, 15) is 9.59 Å². The summed E-state index contributed by atoms with van der Waals surface area (Å²) in [5.41, 5.74) is 1.87. The molecule has 1 N–H and O–H groups in total. The van der Waals surface area contributed by atoms with Crippen LogP contribution in [-0.2, 0) is 4.74 Å². The van der Waals surface area contributed by atoms with Gasteiger partial charge in [0.05, 0.1) is 6.54 Å². The Balaban J connectivity index is 1.71.